The smallest absolute Gasteiger partial charge is 0.254 e. The van der Waals surface area contributed by atoms with Gasteiger partial charge in [-0.2, -0.15) is 0 Å². The van der Waals surface area contributed by atoms with Gasteiger partial charge in [-0.05, 0) is 11.6 Å². The molecule has 1 atom stereocenters. The van der Waals surface area contributed by atoms with E-state index in [0.717, 1.165) is 29.9 Å². The molecule has 1 amide bonds. The average Bonchev–Trinajstić information content (AvgIpc) is 2.74. The SMILES string of the molecule is CO[C@H](C(=O)NCc1ccc(C(=N)N)cc1)c1ccccc1N1CCOCC1. The molecule has 7 heteroatoms. The highest BCUT2D eigenvalue weighted by atomic mass is 16.5. The molecule has 2 aromatic rings. The average molecular weight is 382 g/mol. The van der Waals surface area contributed by atoms with Crippen LogP contribution < -0.4 is 16.0 Å². The van der Waals surface area contributed by atoms with Crippen LogP contribution in [0.25, 0.3) is 0 Å². The Morgan fingerprint density at radius 3 is 2.54 bits per heavy atom. The number of anilines is 1. The molecule has 0 bridgehead atoms. The van der Waals surface area contributed by atoms with Crippen molar-refractivity contribution in [3.05, 3.63) is 65.2 Å². The number of carbonyl (C=O) groups excluding carboxylic acids is 1. The molecule has 1 aliphatic heterocycles. The lowest BCUT2D eigenvalue weighted by Crippen LogP contribution is -2.38. The number of amides is 1. The minimum absolute atomic E-state index is 0.0229. The third-order valence-electron chi connectivity index (χ3n) is 4.78. The molecule has 1 fully saturated rings. The lowest BCUT2D eigenvalue weighted by molar-refractivity contribution is -0.131. The fourth-order valence-electron chi connectivity index (χ4n) is 3.26. The van der Waals surface area contributed by atoms with Gasteiger partial charge in [0, 0.05) is 43.6 Å². The predicted octanol–water partition coefficient (Wildman–Crippen LogP) is 1.81. The standard InChI is InChI=1S/C21H26N4O3/c1-27-19(17-4-2-3-5-18(17)25-10-12-28-13-11-25)21(26)24-14-15-6-8-16(9-7-15)20(22)23/h2-9,19H,10-14H2,1H3,(H3,22,23)(H,24,26)/t19-/m0/s1. The molecule has 0 unspecified atom stereocenters. The molecule has 0 spiro atoms. The summed E-state index contributed by atoms with van der Waals surface area (Å²) < 4.78 is 11.0. The van der Waals surface area contributed by atoms with Crippen molar-refractivity contribution < 1.29 is 14.3 Å². The highest BCUT2D eigenvalue weighted by molar-refractivity contribution is 5.94. The highest BCUT2D eigenvalue weighted by Crippen LogP contribution is 2.29. The van der Waals surface area contributed by atoms with E-state index in [2.05, 4.69) is 10.2 Å². The third kappa shape index (κ3) is 4.68. The van der Waals surface area contributed by atoms with E-state index in [1.165, 1.54) is 0 Å². The number of hydrogen-bond acceptors (Lipinski definition) is 5. The van der Waals surface area contributed by atoms with Crippen LogP contribution in [-0.4, -0.2) is 45.2 Å². The van der Waals surface area contributed by atoms with Crippen LogP contribution in [0.4, 0.5) is 5.69 Å². The summed E-state index contributed by atoms with van der Waals surface area (Å²) in [4.78, 5) is 15.0. The van der Waals surface area contributed by atoms with Gasteiger partial charge in [-0.15, -0.1) is 0 Å². The summed E-state index contributed by atoms with van der Waals surface area (Å²) in [5, 5.41) is 10.4. The number of carbonyl (C=O) groups is 1. The first-order chi connectivity index (χ1) is 13.6. The molecular formula is C21H26N4O3. The zero-order valence-corrected chi connectivity index (χ0v) is 16.0. The Bertz CT molecular complexity index is 817. The second kappa shape index (κ2) is 9.34. The van der Waals surface area contributed by atoms with Crippen LogP contribution in [0.15, 0.2) is 48.5 Å². The van der Waals surface area contributed by atoms with Crippen LogP contribution in [0, 0.1) is 5.41 Å². The quantitative estimate of drug-likeness (QED) is 0.501. The maximum absolute atomic E-state index is 12.8. The topological polar surface area (TPSA) is 101 Å². The van der Waals surface area contributed by atoms with E-state index in [1.807, 2.05) is 36.4 Å². The molecule has 0 radical (unpaired) electrons. The van der Waals surface area contributed by atoms with Crippen molar-refractivity contribution in [1.82, 2.24) is 5.32 Å². The minimum atomic E-state index is -0.699. The van der Waals surface area contributed by atoms with E-state index in [9.17, 15) is 4.79 Å². The van der Waals surface area contributed by atoms with Crippen molar-refractivity contribution in [2.75, 3.05) is 38.3 Å². The van der Waals surface area contributed by atoms with Gasteiger partial charge in [-0.3, -0.25) is 10.2 Å². The molecule has 1 heterocycles. The summed E-state index contributed by atoms with van der Waals surface area (Å²) in [7, 11) is 1.54. The van der Waals surface area contributed by atoms with Gasteiger partial charge in [0.2, 0.25) is 0 Å². The van der Waals surface area contributed by atoms with Gasteiger partial charge < -0.3 is 25.4 Å². The molecule has 148 valence electrons. The number of nitrogens with one attached hydrogen (secondary N) is 2. The lowest BCUT2D eigenvalue weighted by Gasteiger charge is -2.32. The fourth-order valence-corrected chi connectivity index (χ4v) is 3.26. The Morgan fingerprint density at radius 1 is 1.21 bits per heavy atom. The van der Waals surface area contributed by atoms with E-state index < -0.39 is 6.10 Å². The molecule has 1 aliphatic rings. The zero-order valence-electron chi connectivity index (χ0n) is 16.0. The van der Waals surface area contributed by atoms with Crippen molar-refractivity contribution in [2.24, 2.45) is 5.73 Å². The van der Waals surface area contributed by atoms with Crippen LogP contribution in [-0.2, 0) is 20.8 Å². The molecule has 7 nitrogen and oxygen atoms in total. The Morgan fingerprint density at radius 2 is 1.89 bits per heavy atom. The molecule has 0 aromatic heterocycles. The van der Waals surface area contributed by atoms with Crippen molar-refractivity contribution >= 4 is 17.4 Å². The van der Waals surface area contributed by atoms with E-state index in [1.54, 1.807) is 19.2 Å². The Kier molecular flexibility index (Phi) is 6.62. The number of amidine groups is 1. The number of ether oxygens (including phenoxy) is 2. The molecule has 0 saturated carbocycles. The van der Waals surface area contributed by atoms with E-state index in [0.29, 0.717) is 25.3 Å². The summed E-state index contributed by atoms with van der Waals surface area (Å²) >= 11 is 0. The summed E-state index contributed by atoms with van der Waals surface area (Å²) in [6, 6.07) is 15.1. The van der Waals surface area contributed by atoms with E-state index in [-0.39, 0.29) is 11.7 Å². The number of hydrogen-bond donors (Lipinski definition) is 3. The predicted molar refractivity (Wildman–Crippen MR) is 109 cm³/mol. The molecule has 0 aliphatic carbocycles. The fraction of sp³-hybridized carbons (Fsp3) is 0.333. The van der Waals surface area contributed by atoms with Gasteiger partial charge >= 0.3 is 0 Å². The maximum Gasteiger partial charge on any atom is 0.254 e. The van der Waals surface area contributed by atoms with Crippen molar-refractivity contribution in [3.8, 4) is 0 Å². The summed E-state index contributed by atoms with van der Waals surface area (Å²) in [6.45, 7) is 3.30. The van der Waals surface area contributed by atoms with Gasteiger partial charge in [-0.25, -0.2) is 0 Å². The monoisotopic (exact) mass is 382 g/mol. The van der Waals surface area contributed by atoms with Crippen LogP contribution in [0.1, 0.15) is 22.8 Å². The second-order valence-electron chi connectivity index (χ2n) is 6.60. The highest BCUT2D eigenvalue weighted by Gasteiger charge is 2.25. The van der Waals surface area contributed by atoms with Crippen molar-refractivity contribution in [2.45, 2.75) is 12.6 Å². The summed E-state index contributed by atoms with van der Waals surface area (Å²) in [6.07, 6.45) is -0.699. The number of rotatable bonds is 7. The van der Waals surface area contributed by atoms with Crippen LogP contribution >= 0.6 is 0 Å². The number of morpholine rings is 1. The van der Waals surface area contributed by atoms with Crippen molar-refractivity contribution in [3.63, 3.8) is 0 Å². The molecule has 28 heavy (non-hydrogen) atoms. The van der Waals surface area contributed by atoms with E-state index in [4.69, 9.17) is 20.6 Å². The van der Waals surface area contributed by atoms with Crippen LogP contribution in [0.3, 0.4) is 0 Å². The van der Waals surface area contributed by atoms with Gasteiger partial charge in [0.25, 0.3) is 5.91 Å². The number of benzene rings is 2. The Hall–Kier alpha value is -2.90. The first kappa shape index (κ1) is 19.9. The number of nitrogen functional groups attached to an aromatic ring is 1. The second-order valence-corrected chi connectivity index (χ2v) is 6.60. The molecule has 2 aromatic carbocycles. The first-order valence-electron chi connectivity index (χ1n) is 9.25. The van der Waals surface area contributed by atoms with E-state index >= 15 is 0 Å². The molecule has 4 N–H and O–H groups in total. The Labute approximate surface area is 164 Å². The van der Waals surface area contributed by atoms with Gasteiger partial charge in [0.15, 0.2) is 6.10 Å². The van der Waals surface area contributed by atoms with Crippen molar-refractivity contribution in [1.29, 1.82) is 5.41 Å². The maximum atomic E-state index is 12.8. The summed E-state index contributed by atoms with van der Waals surface area (Å²) in [5.74, 6) is -0.173. The summed E-state index contributed by atoms with van der Waals surface area (Å²) in [5.41, 5.74) is 8.89. The Balaban J connectivity index is 1.70. The zero-order chi connectivity index (χ0) is 19.9. The largest absolute Gasteiger partial charge is 0.384 e. The van der Waals surface area contributed by atoms with Gasteiger partial charge in [-0.1, -0.05) is 42.5 Å². The molecule has 1 saturated heterocycles. The third-order valence-corrected chi connectivity index (χ3v) is 4.78. The molecular weight excluding hydrogens is 356 g/mol. The number of methoxy groups -OCH3 is 1. The lowest BCUT2D eigenvalue weighted by atomic mass is 10.0. The van der Waals surface area contributed by atoms with Gasteiger partial charge in [0.1, 0.15) is 5.84 Å². The normalized spacial score (nSPS) is 15.1. The van der Waals surface area contributed by atoms with Crippen LogP contribution in [0.5, 0.6) is 0 Å². The van der Waals surface area contributed by atoms with Crippen LogP contribution in [0.2, 0.25) is 0 Å². The minimum Gasteiger partial charge on any atom is -0.384 e. The number of nitrogens with two attached hydrogens (primary N) is 1. The molecule has 3 rings (SSSR count). The number of nitrogens with zero attached hydrogens (tertiary/aromatic N) is 1. The number of para-hydroxylation sites is 1. The van der Waals surface area contributed by atoms with Gasteiger partial charge in [0.05, 0.1) is 13.2 Å². The first-order valence-corrected chi connectivity index (χ1v) is 9.25.